The maximum atomic E-state index is 11.9. The predicted octanol–water partition coefficient (Wildman–Crippen LogP) is 2.63. The Balaban J connectivity index is 1.58. The highest BCUT2D eigenvalue weighted by Gasteiger charge is 2.45. The lowest BCUT2D eigenvalue weighted by Crippen LogP contribution is -2.41. The topological polar surface area (TPSA) is 54.0 Å². The van der Waals surface area contributed by atoms with Crippen molar-refractivity contribution in [3.8, 4) is 0 Å². The lowest BCUT2D eigenvalue weighted by atomic mass is 10.1. The highest BCUT2D eigenvalue weighted by atomic mass is 32.1. The van der Waals surface area contributed by atoms with Gasteiger partial charge in [-0.2, -0.15) is 0 Å². The molecule has 0 unspecified atom stereocenters. The molecule has 2 aromatic rings. The first-order valence-electron chi connectivity index (χ1n) is 6.28. The molecule has 1 aromatic heterocycles. The quantitative estimate of drug-likeness (QED) is 0.899. The van der Waals surface area contributed by atoms with Crippen LogP contribution in [0.25, 0.3) is 0 Å². The summed E-state index contributed by atoms with van der Waals surface area (Å²) >= 11 is 1.54. The van der Waals surface area contributed by atoms with Crippen LogP contribution in [0.5, 0.6) is 0 Å². The first-order valence-corrected chi connectivity index (χ1v) is 7.16. The molecule has 5 heteroatoms. The van der Waals surface area contributed by atoms with E-state index in [-0.39, 0.29) is 11.6 Å². The molecule has 0 radical (unpaired) electrons. The fourth-order valence-corrected chi connectivity index (χ4v) is 2.68. The highest BCUT2D eigenvalue weighted by Crippen LogP contribution is 2.45. The van der Waals surface area contributed by atoms with Crippen molar-refractivity contribution in [2.45, 2.75) is 24.9 Å². The molecule has 4 nitrogen and oxygen atoms in total. The molecule has 1 aromatic carbocycles. The van der Waals surface area contributed by atoms with Gasteiger partial charge in [0, 0.05) is 11.6 Å². The molecular weight excluding hydrogens is 258 g/mol. The van der Waals surface area contributed by atoms with Gasteiger partial charge in [-0.15, -0.1) is 11.3 Å². The molecule has 2 N–H and O–H groups in total. The molecule has 0 bridgehead atoms. The fraction of sp³-hybridized carbons (Fsp3) is 0.286. The normalized spacial score (nSPS) is 15.8. The second kappa shape index (κ2) is 5.01. The predicted molar refractivity (Wildman–Crippen MR) is 74.8 cm³/mol. The van der Waals surface area contributed by atoms with E-state index >= 15 is 0 Å². The average Bonchev–Trinajstić information content (AvgIpc) is 3.03. The molecule has 1 aliphatic carbocycles. The zero-order valence-corrected chi connectivity index (χ0v) is 11.2. The summed E-state index contributed by atoms with van der Waals surface area (Å²) in [5.41, 5.74) is 1.02. The van der Waals surface area contributed by atoms with Crippen molar-refractivity contribution in [1.82, 2.24) is 15.6 Å². The van der Waals surface area contributed by atoms with Crippen molar-refractivity contribution in [3.63, 3.8) is 0 Å². The lowest BCUT2D eigenvalue weighted by Gasteiger charge is -2.18. The Labute approximate surface area is 115 Å². The van der Waals surface area contributed by atoms with Crippen molar-refractivity contribution < 1.29 is 4.79 Å². The molecule has 3 rings (SSSR count). The van der Waals surface area contributed by atoms with E-state index in [1.54, 1.807) is 17.5 Å². The average molecular weight is 273 g/mol. The Hall–Kier alpha value is -1.88. The maximum absolute atomic E-state index is 11.9. The van der Waals surface area contributed by atoms with Crippen LogP contribution < -0.4 is 10.6 Å². The molecule has 0 atom stereocenters. The first-order chi connectivity index (χ1) is 9.28. The number of nitrogens with zero attached hydrogens (tertiary/aromatic N) is 1. The maximum Gasteiger partial charge on any atom is 0.315 e. The first kappa shape index (κ1) is 12.2. The van der Waals surface area contributed by atoms with E-state index in [4.69, 9.17) is 0 Å². The van der Waals surface area contributed by atoms with Crippen LogP contribution in [0.2, 0.25) is 0 Å². The molecule has 1 fully saturated rings. The second-order valence-corrected chi connectivity index (χ2v) is 5.66. The SMILES string of the molecule is O=C(NCc1nccs1)NC1(c2ccccc2)CC1. The smallest absolute Gasteiger partial charge is 0.315 e. The number of rotatable bonds is 4. The van der Waals surface area contributed by atoms with E-state index in [9.17, 15) is 4.79 Å². The molecule has 1 heterocycles. The minimum Gasteiger partial charge on any atom is -0.332 e. The van der Waals surface area contributed by atoms with Gasteiger partial charge in [-0.25, -0.2) is 9.78 Å². The summed E-state index contributed by atoms with van der Waals surface area (Å²) in [6.07, 6.45) is 3.75. The van der Waals surface area contributed by atoms with Crippen molar-refractivity contribution in [2.75, 3.05) is 0 Å². The summed E-state index contributed by atoms with van der Waals surface area (Å²) in [7, 11) is 0. The van der Waals surface area contributed by atoms with Crippen LogP contribution in [0.4, 0.5) is 4.79 Å². The van der Waals surface area contributed by atoms with Gasteiger partial charge in [-0.1, -0.05) is 30.3 Å². The van der Waals surface area contributed by atoms with E-state index in [0.717, 1.165) is 17.8 Å². The number of hydrogen-bond acceptors (Lipinski definition) is 3. The molecule has 0 aliphatic heterocycles. The number of carbonyl (C=O) groups excluding carboxylic acids is 1. The third-order valence-corrected chi connectivity index (χ3v) is 4.09. The Bertz CT molecular complexity index is 549. The number of benzene rings is 1. The van der Waals surface area contributed by atoms with Gasteiger partial charge >= 0.3 is 6.03 Å². The van der Waals surface area contributed by atoms with Gasteiger partial charge < -0.3 is 10.6 Å². The van der Waals surface area contributed by atoms with Crippen LogP contribution in [0.1, 0.15) is 23.4 Å². The molecule has 0 spiro atoms. The van der Waals surface area contributed by atoms with E-state index in [1.165, 1.54) is 5.56 Å². The number of urea groups is 1. The lowest BCUT2D eigenvalue weighted by molar-refractivity contribution is 0.235. The summed E-state index contributed by atoms with van der Waals surface area (Å²) in [5.74, 6) is 0. The molecule has 1 saturated carbocycles. The zero-order valence-electron chi connectivity index (χ0n) is 10.4. The van der Waals surface area contributed by atoms with Gasteiger partial charge in [-0.3, -0.25) is 0 Å². The zero-order chi connectivity index (χ0) is 13.1. The second-order valence-electron chi connectivity index (χ2n) is 4.68. The number of carbonyl (C=O) groups is 1. The number of nitrogens with one attached hydrogen (secondary N) is 2. The molecule has 2 amide bonds. The van der Waals surface area contributed by atoms with E-state index in [0.29, 0.717) is 6.54 Å². The Kier molecular flexibility index (Phi) is 3.21. The van der Waals surface area contributed by atoms with E-state index < -0.39 is 0 Å². The third-order valence-electron chi connectivity index (χ3n) is 3.31. The van der Waals surface area contributed by atoms with Crippen molar-refractivity contribution in [1.29, 1.82) is 0 Å². The van der Waals surface area contributed by atoms with Crippen LogP contribution in [-0.4, -0.2) is 11.0 Å². The van der Waals surface area contributed by atoms with Crippen LogP contribution >= 0.6 is 11.3 Å². The number of thiazole rings is 1. The Morgan fingerprint density at radius 3 is 2.74 bits per heavy atom. The Morgan fingerprint density at radius 1 is 1.32 bits per heavy atom. The van der Waals surface area contributed by atoms with Crippen molar-refractivity contribution in [2.24, 2.45) is 0 Å². The van der Waals surface area contributed by atoms with Gasteiger partial charge in [0.15, 0.2) is 0 Å². The fourth-order valence-electron chi connectivity index (χ4n) is 2.13. The summed E-state index contributed by atoms with van der Waals surface area (Å²) in [5, 5.41) is 8.74. The summed E-state index contributed by atoms with van der Waals surface area (Å²) in [6.45, 7) is 0.481. The summed E-state index contributed by atoms with van der Waals surface area (Å²) in [6, 6.07) is 10.00. The molecular formula is C14H15N3OS. The van der Waals surface area contributed by atoms with E-state index in [2.05, 4.69) is 27.8 Å². The van der Waals surface area contributed by atoms with Gasteiger partial charge in [-0.05, 0) is 18.4 Å². The van der Waals surface area contributed by atoms with Crippen LogP contribution in [0.15, 0.2) is 41.9 Å². The molecule has 19 heavy (non-hydrogen) atoms. The standard InChI is InChI=1S/C14H15N3OS/c18-13(16-10-12-15-8-9-19-12)17-14(6-7-14)11-4-2-1-3-5-11/h1-5,8-9H,6-7,10H2,(H2,16,17,18). The molecule has 98 valence electrons. The molecule has 1 aliphatic rings. The van der Waals surface area contributed by atoms with Crippen molar-refractivity contribution in [3.05, 3.63) is 52.5 Å². The van der Waals surface area contributed by atoms with Gasteiger partial charge in [0.25, 0.3) is 0 Å². The monoisotopic (exact) mass is 273 g/mol. The van der Waals surface area contributed by atoms with E-state index in [1.807, 2.05) is 23.6 Å². The largest absolute Gasteiger partial charge is 0.332 e. The number of aromatic nitrogens is 1. The summed E-state index contributed by atoms with van der Waals surface area (Å²) < 4.78 is 0. The van der Waals surface area contributed by atoms with Crippen LogP contribution in [0, 0.1) is 0 Å². The minimum absolute atomic E-state index is 0.128. The van der Waals surface area contributed by atoms with Crippen molar-refractivity contribution >= 4 is 17.4 Å². The molecule has 0 saturated heterocycles. The van der Waals surface area contributed by atoms with Crippen LogP contribution in [-0.2, 0) is 12.1 Å². The minimum atomic E-state index is -0.159. The summed E-state index contributed by atoms with van der Waals surface area (Å²) in [4.78, 5) is 16.1. The highest BCUT2D eigenvalue weighted by molar-refractivity contribution is 7.09. The van der Waals surface area contributed by atoms with Crippen LogP contribution in [0.3, 0.4) is 0 Å². The van der Waals surface area contributed by atoms with Gasteiger partial charge in [0.05, 0.1) is 12.1 Å². The van der Waals surface area contributed by atoms with Gasteiger partial charge in [0.2, 0.25) is 0 Å². The number of amides is 2. The third kappa shape index (κ3) is 2.76. The number of hydrogen-bond donors (Lipinski definition) is 2. The Morgan fingerprint density at radius 2 is 2.11 bits per heavy atom. The van der Waals surface area contributed by atoms with Gasteiger partial charge in [0.1, 0.15) is 5.01 Å².